The predicted molar refractivity (Wildman–Crippen MR) is 229 cm³/mol. The number of likely N-dealkylation sites (N-methyl/N-ethyl adjacent to an activating group) is 1. The van der Waals surface area contributed by atoms with Crippen LogP contribution in [0.2, 0.25) is 0 Å². The van der Waals surface area contributed by atoms with Gasteiger partial charge in [-0.15, -0.1) is 0 Å². The summed E-state index contributed by atoms with van der Waals surface area (Å²) >= 11 is 0. The Hall–Kier alpha value is -1.86. The van der Waals surface area contributed by atoms with E-state index in [2.05, 4.69) is 18.7 Å². The number of hydrogen-bond donors (Lipinski definition) is 4. The van der Waals surface area contributed by atoms with Crippen molar-refractivity contribution in [2.45, 2.75) is 167 Å². The number of esters is 1. The molecule has 3 fully saturated rings. The van der Waals surface area contributed by atoms with Gasteiger partial charge in [-0.3, -0.25) is 9.59 Å². The zero-order chi connectivity index (χ0) is 45.3. The Kier molecular flexibility index (Phi) is 20.3. The number of carbonyl (C=O) groups is 2. The van der Waals surface area contributed by atoms with Crippen molar-refractivity contribution in [3.63, 3.8) is 0 Å². The Morgan fingerprint density at radius 3 is 2.05 bits per heavy atom. The summed E-state index contributed by atoms with van der Waals surface area (Å²) in [5.41, 5.74) is 0.761. The first-order chi connectivity index (χ1) is 28.8. The highest BCUT2D eigenvalue weighted by Gasteiger charge is 2.48. The number of cyclic esters (lactones) is 1. The number of aliphatic hydroxyl groups is 4. The first-order valence-corrected chi connectivity index (χ1v) is 22.6. The maximum absolute atomic E-state index is 14.0. The summed E-state index contributed by atoms with van der Waals surface area (Å²) in [4.78, 5) is 32.1. The van der Waals surface area contributed by atoms with Gasteiger partial charge in [0.2, 0.25) is 0 Å². The van der Waals surface area contributed by atoms with Crippen molar-refractivity contribution in [1.82, 2.24) is 9.80 Å². The molecule has 352 valence electrons. The van der Waals surface area contributed by atoms with E-state index in [-0.39, 0.29) is 24.7 Å². The minimum absolute atomic E-state index is 0.0427. The molecule has 0 spiro atoms. The van der Waals surface area contributed by atoms with Gasteiger partial charge in [-0.1, -0.05) is 52.3 Å². The van der Waals surface area contributed by atoms with Gasteiger partial charge in [0, 0.05) is 45.1 Å². The number of likely N-dealkylation sites (tertiary alicyclic amines) is 1. The second kappa shape index (κ2) is 23.9. The molecule has 4 aliphatic rings. The van der Waals surface area contributed by atoms with Gasteiger partial charge >= 0.3 is 5.97 Å². The van der Waals surface area contributed by atoms with E-state index in [1.807, 2.05) is 33.8 Å². The third-order valence-corrected chi connectivity index (χ3v) is 13.5. The van der Waals surface area contributed by atoms with E-state index in [1.165, 1.54) is 20.6 Å². The van der Waals surface area contributed by atoms with Crippen molar-refractivity contribution in [1.29, 1.82) is 0 Å². The van der Waals surface area contributed by atoms with E-state index in [9.17, 15) is 30.0 Å². The van der Waals surface area contributed by atoms with Crippen LogP contribution in [0, 0.1) is 35.5 Å². The van der Waals surface area contributed by atoms with Crippen LogP contribution in [0.25, 0.3) is 0 Å². The second-order valence-electron chi connectivity index (χ2n) is 18.9. The Labute approximate surface area is 365 Å². The summed E-state index contributed by atoms with van der Waals surface area (Å²) < 4.78 is 42.6. The number of rotatable bonds is 12. The van der Waals surface area contributed by atoms with Gasteiger partial charge in [0.25, 0.3) is 0 Å². The zero-order valence-electron chi connectivity index (χ0n) is 38.9. The summed E-state index contributed by atoms with van der Waals surface area (Å²) in [7, 11) is 6.54. The average Bonchev–Trinajstić information content (AvgIpc) is 3.19. The molecule has 0 aromatic carbocycles. The largest absolute Gasteiger partial charge is 0.462 e. The molecular weight excluding hydrogens is 789 g/mol. The summed E-state index contributed by atoms with van der Waals surface area (Å²) in [5.74, 6) is -1.46. The summed E-state index contributed by atoms with van der Waals surface area (Å²) in [5, 5.41) is 45.3. The van der Waals surface area contributed by atoms with Gasteiger partial charge in [0.05, 0.1) is 49.6 Å². The molecule has 4 aliphatic heterocycles. The SMILES string of the molecule is CC[C@H]1OC(=O)C[C@@H](O)[C@H](C)[C@@H](O[C@@H]2O[C@H](C)[C@@H](O)C(N(C)C)C2O)[C@@H](CCN2CC(C)CC(C)C2)C[C@@H](C)C(=O)/C=C/C(C)=C/[C@@H]1CO[C@@H]1OC(C)[C@@H](O)[C@H](OC)C1OC. The van der Waals surface area contributed by atoms with E-state index in [4.69, 9.17) is 33.2 Å². The van der Waals surface area contributed by atoms with Gasteiger partial charge in [-0.25, -0.2) is 0 Å². The van der Waals surface area contributed by atoms with Gasteiger partial charge in [-0.05, 0) is 90.9 Å². The van der Waals surface area contributed by atoms with E-state index < -0.39 is 103 Å². The van der Waals surface area contributed by atoms with Crippen LogP contribution in [0.5, 0.6) is 0 Å². The van der Waals surface area contributed by atoms with Crippen LogP contribution in [-0.2, 0) is 42.7 Å². The first kappa shape index (κ1) is 51.8. The molecule has 61 heavy (non-hydrogen) atoms. The van der Waals surface area contributed by atoms with Crippen molar-refractivity contribution in [3.8, 4) is 0 Å². The quantitative estimate of drug-likeness (QED) is 0.209. The summed E-state index contributed by atoms with van der Waals surface area (Å²) in [6, 6.07) is -0.684. The number of nitrogens with zero attached hydrogens (tertiary/aromatic N) is 2. The highest BCUT2D eigenvalue weighted by molar-refractivity contribution is 5.91. The smallest absolute Gasteiger partial charge is 0.308 e. The normalized spacial score (nSPS) is 44.3. The molecule has 0 aromatic rings. The average molecular weight is 869 g/mol. The predicted octanol–water partition coefficient (Wildman–Crippen LogP) is 3.34. The lowest BCUT2D eigenvalue weighted by Gasteiger charge is -2.47. The second-order valence-corrected chi connectivity index (χ2v) is 18.9. The van der Waals surface area contributed by atoms with Crippen molar-refractivity contribution in [2.75, 3.05) is 54.6 Å². The Morgan fingerprint density at radius 2 is 1.44 bits per heavy atom. The molecule has 0 saturated carbocycles. The maximum Gasteiger partial charge on any atom is 0.308 e. The van der Waals surface area contributed by atoms with E-state index in [0.717, 1.165) is 25.2 Å². The lowest BCUT2D eigenvalue weighted by molar-refractivity contribution is -0.304. The van der Waals surface area contributed by atoms with Crippen molar-refractivity contribution >= 4 is 11.8 Å². The molecule has 4 N–H and O–H groups in total. The highest BCUT2D eigenvalue weighted by Crippen LogP contribution is 2.36. The van der Waals surface area contributed by atoms with Gasteiger partial charge in [0.1, 0.15) is 30.5 Å². The third-order valence-electron chi connectivity index (χ3n) is 13.5. The van der Waals surface area contributed by atoms with Crippen LogP contribution >= 0.6 is 0 Å². The fraction of sp³-hybridized carbons (Fsp3) is 0.870. The molecule has 19 atom stereocenters. The van der Waals surface area contributed by atoms with E-state index in [1.54, 1.807) is 45.0 Å². The molecule has 15 nitrogen and oxygen atoms in total. The monoisotopic (exact) mass is 869 g/mol. The van der Waals surface area contributed by atoms with Crippen LogP contribution in [0.4, 0.5) is 0 Å². The van der Waals surface area contributed by atoms with Gasteiger partial charge < -0.3 is 63.4 Å². The molecule has 0 bridgehead atoms. The minimum Gasteiger partial charge on any atom is -0.462 e. The van der Waals surface area contributed by atoms with Crippen molar-refractivity contribution < 1.29 is 63.2 Å². The van der Waals surface area contributed by atoms with Crippen LogP contribution in [0.3, 0.4) is 0 Å². The van der Waals surface area contributed by atoms with Crippen LogP contribution in [-0.4, -0.2) is 176 Å². The number of carbonyl (C=O) groups excluding carboxylic acids is 2. The Bertz CT molecular complexity index is 1420. The van der Waals surface area contributed by atoms with Gasteiger partial charge in [-0.2, -0.15) is 0 Å². The fourth-order valence-electron chi connectivity index (χ4n) is 10.0. The third kappa shape index (κ3) is 13.8. The zero-order valence-corrected chi connectivity index (χ0v) is 38.9. The molecule has 6 unspecified atom stereocenters. The lowest BCUT2D eigenvalue weighted by atomic mass is 9.79. The molecule has 4 rings (SSSR count). The number of ketones is 1. The lowest BCUT2D eigenvalue weighted by Crippen LogP contribution is -2.63. The maximum atomic E-state index is 14.0. The number of allylic oxidation sites excluding steroid dienone is 3. The fourth-order valence-corrected chi connectivity index (χ4v) is 10.0. The molecule has 3 saturated heterocycles. The Morgan fingerprint density at radius 1 is 0.820 bits per heavy atom. The number of hydrogen-bond acceptors (Lipinski definition) is 15. The van der Waals surface area contributed by atoms with Crippen molar-refractivity contribution in [3.05, 3.63) is 23.8 Å². The minimum atomic E-state index is -1.23. The van der Waals surface area contributed by atoms with E-state index in [0.29, 0.717) is 31.1 Å². The molecule has 0 radical (unpaired) electrons. The standard InChI is InChI=1S/C46H80N2O13/c1-13-36-33(24-57-46-44(56-12)43(55-11)40(53)31(8)59-46)19-25(2)14-15-34(49)28(5)20-32(16-17-48-22-26(3)18-27(4)23-48)42(29(6)35(50)21-37(51)60-36)61-45-41(54)38(47(9)10)39(52)30(7)58-45/h14-15,19,26-33,35-36,38-46,50,52-54H,13,16-18,20-24H2,1-12H3/b15-14+,25-19+/t26?,27?,28-,29+,30-,31?,32+,33-,35-,36-,38?,39-,40-,41?,42-,43+,44?,45+,46-/m1/s1. The van der Waals surface area contributed by atoms with Crippen molar-refractivity contribution in [2.24, 2.45) is 35.5 Å². The van der Waals surface area contributed by atoms with Crippen LogP contribution < -0.4 is 0 Å². The molecule has 0 amide bonds. The Balaban J connectivity index is 1.68. The molecule has 0 aliphatic carbocycles. The number of methoxy groups -OCH3 is 2. The number of piperidine rings is 1. The summed E-state index contributed by atoms with van der Waals surface area (Å²) in [6.07, 6.45) is -2.96. The number of aliphatic hydroxyl groups excluding tert-OH is 4. The molecule has 15 heteroatoms. The first-order valence-electron chi connectivity index (χ1n) is 22.6. The highest BCUT2D eigenvalue weighted by atomic mass is 16.7. The van der Waals surface area contributed by atoms with Crippen LogP contribution in [0.1, 0.15) is 87.5 Å². The molecule has 4 heterocycles. The van der Waals surface area contributed by atoms with E-state index >= 15 is 0 Å². The molecular formula is C46H80N2O13. The topological polar surface area (TPSA) is 186 Å². The van der Waals surface area contributed by atoms with Crippen LogP contribution in [0.15, 0.2) is 23.8 Å². The van der Waals surface area contributed by atoms with Gasteiger partial charge in [0.15, 0.2) is 18.4 Å². The molecule has 0 aromatic heterocycles. The number of ether oxygens (including phenoxy) is 7. The summed E-state index contributed by atoms with van der Waals surface area (Å²) in [6.45, 7) is 18.2.